The van der Waals surface area contributed by atoms with Crippen molar-refractivity contribution in [2.75, 3.05) is 5.32 Å². The van der Waals surface area contributed by atoms with Gasteiger partial charge in [-0.3, -0.25) is 10.1 Å². The van der Waals surface area contributed by atoms with Crippen molar-refractivity contribution in [3.05, 3.63) is 58.3 Å². The van der Waals surface area contributed by atoms with E-state index in [9.17, 15) is 4.79 Å². The predicted octanol–water partition coefficient (Wildman–Crippen LogP) is 5.59. The van der Waals surface area contributed by atoms with E-state index in [4.69, 9.17) is 13.8 Å². The van der Waals surface area contributed by atoms with E-state index in [1.54, 1.807) is 0 Å². The largest absolute Gasteiger partial charge is 0.491 e. The molecule has 2 heterocycles. The number of amides is 1. The molecule has 0 atom stereocenters. The minimum Gasteiger partial charge on any atom is -0.491 e. The quantitative estimate of drug-likeness (QED) is 0.421. The van der Waals surface area contributed by atoms with Crippen LogP contribution in [0.3, 0.4) is 0 Å². The van der Waals surface area contributed by atoms with Crippen molar-refractivity contribution < 1.29 is 18.6 Å². The number of benzene rings is 2. The summed E-state index contributed by atoms with van der Waals surface area (Å²) in [6.45, 7) is 5.76. The third kappa shape index (κ3) is 3.88. The fourth-order valence-corrected chi connectivity index (χ4v) is 3.34. The first kappa shape index (κ1) is 19.2. The van der Waals surface area contributed by atoms with E-state index in [1.165, 1.54) is 0 Å². The third-order valence-corrected chi connectivity index (χ3v) is 4.82. The molecular weight excluding hydrogens is 438 g/mol. The highest BCUT2D eigenvalue weighted by molar-refractivity contribution is 9.10. The molecule has 0 spiro atoms. The Labute approximate surface area is 175 Å². The van der Waals surface area contributed by atoms with E-state index in [1.807, 2.05) is 63.2 Å². The minimum atomic E-state index is -0.425. The summed E-state index contributed by atoms with van der Waals surface area (Å²) >= 11 is 3.41. The Morgan fingerprint density at radius 2 is 1.90 bits per heavy atom. The van der Waals surface area contributed by atoms with Gasteiger partial charge in [0.1, 0.15) is 11.3 Å². The fourth-order valence-electron chi connectivity index (χ4n) is 3.00. The molecule has 0 aliphatic rings. The molecule has 0 radical (unpaired) electrons. The van der Waals surface area contributed by atoms with Crippen molar-refractivity contribution in [3.8, 4) is 17.0 Å². The molecule has 1 N–H and O–H groups in total. The molecule has 0 aliphatic heterocycles. The molecule has 0 unspecified atom stereocenters. The van der Waals surface area contributed by atoms with Crippen molar-refractivity contribution >= 4 is 38.6 Å². The van der Waals surface area contributed by atoms with E-state index in [0.29, 0.717) is 11.3 Å². The van der Waals surface area contributed by atoms with Gasteiger partial charge in [0.05, 0.1) is 6.10 Å². The SMILES string of the molecule is Cc1c(C(=O)Nc2nonc2-c2ccc(OC(C)C)cc2)oc2cc(Br)ccc12. The monoisotopic (exact) mass is 455 g/mol. The highest BCUT2D eigenvalue weighted by Crippen LogP contribution is 2.30. The molecule has 148 valence electrons. The van der Waals surface area contributed by atoms with E-state index in [2.05, 4.69) is 31.6 Å². The van der Waals surface area contributed by atoms with Crippen LogP contribution in [0.2, 0.25) is 0 Å². The second-order valence-electron chi connectivity index (χ2n) is 6.80. The van der Waals surface area contributed by atoms with Crippen molar-refractivity contribution in [2.24, 2.45) is 0 Å². The van der Waals surface area contributed by atoms with Crippen LogP contribution in [0.15, 0.2) is 56.0 Å². The molecule has 7 nitrogen and oxygen atoms in total. The molecule has 0 saturated carbocycles. The van der Waals surface area contributed by atoms with E-state index >= 15 is 0 Å². The third-order valence-electron chi connectivity index (χ3n) is 4.33. The van der Waals surface area contributed by atoms with Crippen molar-refractivity contribution in [3.63, 3.8) is 0 Å². The number of hydrogen-bond acceptors (Lipinski definition) is 6. The number of carbonyl (C=O) groups excluding carboxylic acids is 1. The Balaban J connectivity index is 1.59. The van der Waals surface area contributed by atoms with Gasteiger partial charge in [0.25, 0.3) is 5.91 Å². The van der Waals surface area contributed by atoms with Gasteiger partial charge in [0.2, 0.25) is 5.82 Å². The zero-order chi connectivity index (χ0) is 20.5. The number of halogens is 1. The summed E-state index contributed by atoms with van der Waals surface area (Å²) in [5.41, 5.74) is 2.54. The lowest BCUT2D eigenvalue weighted by atomic mass is 10.1. The van der Waals surface area contributed by atoms with E-state index in [0.717, 1.165) is 26.7 Å². The Morgan fingerprint density at radius 3 is 2.62 bits per heavy atom. The first-order valence-corrected chi connectivity index (χ1v) is 9.81. The minimum absolute atomic E-state index is 0.0806. The summed E-state index contributed by atoms with van der Waals surface area (Å²) in [7, 11) is 0. The number of rotatable bonds is 5. The molecule has 0 aliphatic carbocycles. The highest BCUT2D eigenvalue weighted by atomic mass is 79.9. The number of nitrogens with zero attached hydrogens (tertiary/aromatic N) is 2. The number of furan rings is 1. The summed E-state index contributed by atoms with van der Waals surface area (Å²) in [5, 5.41) is 11.3. The number of aryl methyl sites for hydroxylation is 1. The molecule has 2 aromatic carbocycles. The fraction of sp³-hybridized carbons (Fsp3) is 0.190. The number of hydrogen-bond donors (Lipinski definition) is 1. The van der Waals surface area contributed by atoms with Crippen LogP contribution in [0.25, 0.3) is 22.2 Å². The lowest BCUT2D eigenvalue weighted by Crippen LogP contribution is -2.13. The lowest BCUT2D eigenvalue weighted by Gasteiger charge is -2.09. The summed E-state index contributed by atoms with van der Waals surface area (Å²) in [6.07, 6.45) is 0.0806. The molecule has 0 bridgehead atoms. The van der Waals surface area contributed by atoms with Gasteiger partial charge in [-0.15, -0.1) is 0 Å². The van der Waals surface area contributed by atoms with Crippen LogP contribution in [-0.2, 0) is 0 Å². The van der Waals surface area contributed by atoms with Gasteiger partial charge < -0.3 is 9.15 Å². The summed E-state index contributed by atoms with van der Waals surface area (Å²) < 4.78 is 17.1. The number of nitrogens with one attached hydrogen (secondary N) is 1. The van der Waals surface area contributed by atoms with Gasteiger partial charge in [-0.25, -0.2) is 4.63 Å². The number of anilines is 1. The van der Waals surface area contributed by atoms with Crippen LogP contribution < -0.4 is 10.1 Å². The molecular formula is C21H18BrN3O4. The predicted molar refractivity (Wildman–Crippen MR) is 112 cm³/mol. The van der Waals surface area contributed by atoms with Gasteiger partial charge in [-0.2, -0.15) is 0 Å². The van der Waals surface area contributed by atoms with Crippen molar-refractivity contribution in [2.45, 2.75) is 26.9 Å². The normalized spacial score (nSPS) is 11.2. The Kier molecular flexibility index (Phi) is 5.10. The van der Waals surface area contributed by atoms with Crippen LogP contribution in [0.1, 0.15) is 30.0 Å². The van der Waals surface area contributed by atoms with Gasteiger partial charge in [0, 0.05) is 21.0 Å². The first-order valence-electron chi connectivity index (χ1n) is 9.02. The van der Waals surface area contributed by atoms with Crippen molar-refractivity contribution in [1.29, 1.82) is 0 Å². The molecule has 0 saturated heterocycles. The van der Waals surface area contributed by atoms with Crippen LogP contribution in [-0.4, -0.2) is 22.3 Å². The number of fused-ring (bicyclic) bond motifs is 1. The zero-order valence-corrected chi connectivity index (χ0v) is 17.6. The Morgan fingerprint density at radius 1 is 1.14 bits per heavy atom. The van der Waals surface area contributed by atoms with Crippen LogP contribution in [0, 0.1) is 6.92 Å². The van der Waals surface area contributed by atoms with Crippen LogP contribution in [0.4, 0.5) is 5.82 Å². The molecule has 4 aromatic rings. The van der Waals surface area contributed by atoms with Crippen LogP contribution >= 0.6 is 15.9 Å². The zero-order valence-electron chi connectivity index (χ0n) is 16.0. The first-order chi connectivity index (χ1) is 13.9. The molecule has 29 heavy (non-hydrogen) atoms. The molecule has 4 rings (SSSR count). The molecule has 0 fully saturated rings. The summed E-state index contributed by atoms with van der Waals surface area (Å²) in [4.78, 5) is 12.8. The standard InChI is InChI=1S/C21H18BrN3O4/c1-11(2)27-15-7-4-13(5-8-15)18-20(25-29-24-18)23-21(26)19-12(3)16-9-6-14(22)10-17(16)28-19/h4-11H,1-3H3,(H,23,25,26). The maximum atomic E-state index is 12.8. The number of aromatic nitrogens is 2. The summed E-state index contributed by atoms with van der Waals surface area (Å²) in [6, 6.07) is 12.9. The second-order valence-corrected chi connectivity index (χ2v) is 7.72. The lowest BCUT2D eigenvalue weighted by molar-refractivity contribution is 0.0997. The van der Waals surface area contributed by atoms with Gasteiger partial charge in [-0.1, -0.05) is 15.9 Å². The van der Waals surface area contributed by atoms with Crippen LogP contribution in [0.5, 0.6) is 5.75 Å². The van der Waals surface area contributed by atoms with Gasteiger partial charge in [0.15, 0.2) is 11.5 Å². The topological polar surface area (TPSA) is 90.4 Å². The molecule has 2 aromatic heterocycles. The van der Waals surface area contributed by atoms with Gasteiger partial charge >= 0.3 is 0 Å². The van der Waals surface area contributed by atoms with E-state index < -0.39 is 5.91 Å². The second kappa shape index (κ2) is 7.71. The molecule has 8 heteroatoms. The highest BCUT2D eigenvalue weighted by Gasteiger charge is 2.21. The maximum Gasteiger partial charge on any atom is 0.292 e. The van der Waals surface area contributed by atoms with Crippen molar-refractivity contribution in [1.82, 2.24) is 10.3 Å². The molecule has 1 amide bonds. The smallest absolute Gasteiger partial charge is 0.292 e. The average Bonchev–Trinajstić information content (AvgIpc) is 3.26. The summed E-state index contributed by atoms with van der Waals surface area (Å²) in [5.74, 6) is 0.752. The van der Waals surface area contributed by atoms with E-state index in [-0.39, 0.29) is 17.7 Å². The average molecular weight is 456 g/mol. The Hall–Kier alpha value is -3.13. The number of carbonyl (C=O) groups is 1. The maximum absolute atomic E-state index is 12.8. The number of ether oxygens (including phenoxy) is 1. The van der Waals surface area contributed by atoms with Gasteiger partial charge in [-0.05, 0) is 73.5 Å². The Bertz CT molecular complexity index is 1180.